The lowest BCUT2D eigenvalue weighted by atomic mass is 10.0. The highest BCUT2D eigenvalue weighted by Gasteiger charge is 2.35. The van der Waals surface area contributed by atoms with Crippen molar-refractivity contribution in [3.8, 4) is 16.9 Å². The normalized spacial score (nSPS) is 13.2. The number of ether oxygens (including phenoxy) is 2. The monoisotopic (exact) mass is 518 g/mol. The largest absolute Gasteiger partial charge is 0.491 e. The summed E-state index contributed by atoms with van der Waals surface area (Å²) in [5.74, 6) is 0.144. The lowest BCUT2D eigenvalue weighted by Gasteiger charge is -2.27. The topological polar surface area (TPSA) is 96.9 Å². The Kier molecular flexibility index (Phi) is 10.7. The van der Waals surface area contributed by atoms with Crippen molar-refractivity contribution in [2.75, 3.05) is 18.5 Å². The number of rotatable bonds is 13. The van der Waals surface area contributed by atoms with Crippen molar-refractivity contribution in [3.63, 3.8) is 0 Å². The van der Waals surface area contributed by atoms with E-state index in [1.165, 1.54) is 23.6 Å². The Morgan fingerprint density at radius 2 is 1.61 bits per heavy atom. The number of hydrogen-bond acceptors (Lipinski definition) is 5. The van der Waals surface area contributed by atoms with Gasteiger partial charge in [-0.1, -0.05) is 67.9 Å². The van der Waals surface area contributed by atoms with E-state index in [-0.39, 0.29) is 12.7 Å². The molecule has 7 nitrogen and oxygen atoms in total. The van der Waals surface area contributed by atoms with Gasteiger partial charge in [0.25, 0.3) is 5.91 Å². The standard InChI is InChI=1S/C31H38N2O5/c1-4-5-21-37-30(36)33-31(3,22-34)29(35)32-27-17-19-28(20-18-27)38-23(2)11-12-24-13-15-26(16-14-24)25-9-7-6-8-10-25/h6-10,13-20,23,34H,4-5,11-12,21-22H2,1-3H3,(H,32,35)(H,33,36)/t23?,31-/m0/s1. The zero-order valence-electron chi connectivity index (χ0n) is 22.4. The molecule has 3 aromatic rings. The second-order valence-corrected chi connectivity index (χ2v) is 9.61. The molecule has 38 heavy (non-hydrogen) atoms. The summed E-state index contributed by atoms with van der Waals surface area (Å²) in [5, 5.41) is 14.9. The Hall–Kier alpha value is -3.84. The summed E-state index contributed by atoms with van der Waals surface area (Å²) < 4.78 is 11.1. The van der Waals surface area contributed by atoms with Gasteiger partial charge in [-0.3, -0.25) is 4.79 Å². The molecule has 0 spiro atoms. The summed E-state index contributed by atoms with van der Waals surface area (Å²) in [7, 11) is 0. The third-order valence-electron chi connectivity index (χ3n) is 6.28. The predicted molar refractivity (Wildman–Crippen MR) is 150 cm³/mol. The van der Waals surface area contributed by atoms with E-state index in [1.807, 2.05) is 32.0 Å². The SMILES string of the molecule is CCCCOC(=O)N[C@@](C)(CO)C(=O)Nc1ccc(OC(C)CCc2ccc(-c3ccccc3)cc2)cc1. The number of unbranched alkanes of at least 4 members (excludes halogenated alkanes) is 1. The molecule has 3 aromatic carbocycles. The molecule has 1 unspecified atom stereocenters. The number of alkyl carbamates (subject to hydrolysis) is 1. The molecule has 2 amide bonds. The molecule has 0 bridgehead atoms. The van der Waals surface area contributed by atoms with Gasteiger partial charge in [0, 0.05) is 5.69 Å². The molecule has 3 rings (SSSR count). The number of aliphatic hydroxyl groups is 1. The van der Waals surface area contributed by atoms with Crippen molar-refractivity contribution in [2.45, 2.75) is 58.1 Å². The molecular weight excluding hydrogens is 480 g/mol. The minimum Gasteiger partial charge on any atom is -0.491 e. The van der Waals surface area contributed by atoms with Gasteiger partial charge >= 0.3 is 6.09 Å². The van der Waals surface area contributed by atoms with Crippen molar-refractivity contribution in [3.05, 3.63) is 84.4 Å². The molecule has 0 saturated carbocycles. The molecule has 202 valence electrons. The van der Waals surface area contributed by atoms with E-state index in [9.17, 15) is 14.7 Å². The number of benzene rings is 3. The number of nitrogens with one attached hydrogen (secondary N) is 2. The first kappa shape index (κ1) is 28.7. The molecule has 0 aliphatic heterocycles. The molecule has 0 aliphatic carbocycles. The fourth-order valence-electron chi connectivity index (χ4n) is 3.78. The number of hydrogen-bond donors (Lipinski definition) is 3. The molecule has 0 aromatic heterocycles. The summed E-state index contributed by atoms with van der Waals surface area (Å²) in [6, 6.07) is 25.9. The van der Waals surface area contributed by atoms with Crippen LogP contribution in [0.25, 0.3) is 11.1 Å². The van der Waals surface area contributed by atoms with Gasteiger partial charge in [0.05, 0.1) is 19.3 Å². The van der Waals surface area contributed by atoms with Gasteiger partial charge < -0.3 is 25.2 Å². The van der Waals surface area contributed by atoms with Crippen LogP contribution in [0.1, 0.15) is 45.6 Å². The van der Waals surface area contributed by atoms with Crippen LogP contribution in [0.2, 0.25) is 0 Å². The van der Waals surface area contributed by atoms with Gasteiger partial charge in [0.15, 0.2) is 0 Å². The number of aryl methyl sites for hydroxylation is 1. The highest BCUT2D eigenvalue weighted by molar-refractivity contribution is 5.99. The molecular formula is C31H38N2O5. The maximum Gasteiger partial charge on any atom is 0.408 e. The van der Waals surface area contributed by atoms with Crippen LogP contribution in [-0.2, 0) is 16.0 Å². The zero-order chi connectivity index (χ0) is 27.4. The first-order chi connectivity index (χ1) is 18.3. The van der Waals surface area contributed by atoms with E-state index in [4.69, 9.17) is 9.47 Å². The van der Waals surface area contributed by atoms with E-state index in [2.05, 4.69) is 47.0 Å². The quantitative estimate of drug-likeness (QED) is 0.242. The van der Waals surface area contributed by atoms with E-state index in [0.717, 1.165) is 25.7 Å². The van der Waals surface area contributed by atoms with Crippen LogP contribution in [0.15, 0.2) is 78.9 Å². The molecule has 0 aliphatic rings. The van der Waals surface area contributed by atoms with Crippen LogP contribution in [0, 0.1) is 0 Å². The second kappa shape index (κ2) is 14.2. The lowest BCUT2D eigenvalue weighted by Crippen LogP contribution is -2.57. The van der Waals surface area contributed by atoms with E-state index in [1.54, 1.807) is 24.3 Å². The third-order valence-corrected chi connectivity index (χ3v) is 6.28. The molecule has 2 atom stereocenters. The van der Waals surface area contributed by atoms with Gasteiger partial charge in [0.1, 0.15) is 11.3 Å². The molecule has 0 heterocycles. The fraction of sp³-hybridized carbons (Fsp3) is 0.355. The van der Waals surface area contributed by atoms with Crippen LogP contribution in [0.5, 0.6) is 5.75 Å². The van der Waals surface area contributed by atoms with Crippen molar-refractivity contribution in [2.24, 2.45) is 0 Å². The number of carbonyl (C=O) groups excluding carboxylic acids is 2. The number of aliphatic hydroxyl groups excluding tert-OH is 1. The van der Waals surface area contributed by atoms with Crippen molar-refractivity contribution >= 4 is 17.7 Å². The van der Waals surface area contributed by atoms with Crippen LogP contribution < -0.4 is 15.4 Å². The summed E-state index contributed by atoms with van der Waals surface area (Å²) >= 11 is 0. The van der Waals surface area contributed by atoms with Crippen LogP contribution >= 0.6 is 0 Å². The predicted octanol–water partition coefficient (Wildman–Crippen LogP) is 5.97. The van der Waals surface area contributed by atoms with Gasteiger partial charge in [-0.2, -0.15) is 0 Å². The minimum absolute atomic E-state index is 0.00448. The molecule has 7 heteroatoms. The second-order valence-electron chi connectivity index (χ2n) is 9.61. The van der Waals surface area contributed by atoms with Crippen molar-refractivity contribution in [1.82, 2.24) is 5.32 Å². The average molecular weight is 519 g/mol. The highest BCUT2D eigenvalue weighted by Crippen LogP contribution is 2.22. The van der Waals surface area contributed by atoms with Crippen molar-refractivity contribution < 1.29 is 24.2 Å². The Morgan fingerprint density at radius 1 is 0.947 bits per heavy atom. The van der Waals surface area contributed by atoms with Crippen LogP contribution in [0.3, 0.4) is 0 Å². The number of amides is 2. The Labute approximate surface area is 225 Å². The summed E-state index contributed by atoms with van der Waals surface area (Å²) in [5.41, 5.74) is 2.67. The first-order valence-electron chi connectivity index (χ1n) is 13.1. The van der Waals surface area contributed by atoms with Gasteiger partial charge in [-0.25, -0.2) is 4.79 Å². The summed E-state index contributed by atoms with van der Waals surface area (Å²) in [6.07, 6.45) is 2.63. The van der Waals surface area contributed by atoms with Gasteiger partial charge in [0.2, 0.25) is 0 Å². The minimum atomic E-state index is -1.52. The van der Waals surface area contributed by atoms with Gasteiger partial charge in [-0.05, 0) is 74.1 Å². The first-order valence-corrected chi connectivity index (χ1v) is 13.1. The highest BCUT2D eigenvalue weighted by atomic mass is 16.5. The van der Waals surface area contributed by atoms with E-state index < -0.39 is 24.1 Å². The van der Waals surface area contributed by atoms with Crippen LogP contribution in [-0.4, -0.2) is 42.0 Å². The maximum atomic E-state index is 12.7. The molecule has 0 fully saturated rings. The lowest BCUT2D eigenvalue weighted by molar-refractivity contribution is -0.123. The maximum absolute atomic E-state index is 12.7. The van der Waals surface area contributed by atoms with Crippen molar-refractivity contribution in [1.29, 1.82) is 0 Å². The van der Waals surface area contributed by atoms with E-state index >= 15 is 0 Å². The third kappa shape index (κ3) is 8.63. The van der Waals surface area contributed by atoms with Gasteiger partial charge in [-0.15, -0.1) is 0 Å². The number of anilines is 1. The average Bonchev–Trinajstić information content (AvgIpc) is 2.93. The smallest absolute Gasteiger partial charge is 0.408 e. The van der Waals surface area contributed by atoms with Crippen LogP contribution in [0.4, 0.5) is 10.5 Å². The molecule has 3 N–H and O–H groups in total. The number of carbonyl (C=O) groups is 2. The summed E-state index contributed by atoms with van der Waals surface area (Å²) in [6.45, 7) is 5.14. The summed E-state index contributed by atoms with van der Waals surface area (Å²) in [4.78, 5) is 24.7. The Balaban J connectivity index is 1.47. The molecule has 0 saturated heterocycles. The Morgan fingerprint density at radius 3 is 2.24 bits per heavy atom. The molecule has 0 radical (unpaired) electrons. The fourth-order valence-corrected chi connectivity index (χ4v) is 3.78. The Bertz CT molecular complexity index is 1150. The zero-order valence-corrected chi connectivity index (χ0v) is 22.4. The van der Waals surface area contributed by atoms with E-state index in [0.29, 0.717) is 11.4 Å².